The Morgan fingerprint density at radius 2 is 2.00 bits per heavy atom. The number of ether oxygens (including phenoxy) is 1. The Morgan fingerprint density at radius 3 is 2.67 bits per heavy atom. The van der Waals surface area contributed by atoms with Gasteiger partial charge in [-0.3, -0.25) is 4.79 Å². The molecule has 1 amide bonds. The molecular weight excluding hydrogens is 306 g/mol. The summed E-state index contributed by atoms with van der Waals surface area (Å²) in [5.41, 5.74) is 1.20. The fourth-order valence-corrected chi connectivity index (χ4v) is 3.71. The molecule has 3 atom stereocenters. The van der Waals surface area contributed by atoms with Crippen molar-refractivity contribution in [3.63, 3.8) is 0 Å². The zero-order chi connectivity index (χ0) is 16.5. The van der Waals surface area contributed by atoms with Crippen molar-refractivity contribution in [3.05, 3.63) is 47.6 Å². The van der Waals surface area contributed by atoms with Crippen molar-refractivity contribution in [2.75, 3.05) is 19.7 Å². The van der Waals surface area contributed by atoms with Crippen LogP contribution in [0.25, 0.3) is 0 Å². The van der Waals surface area contributed by atoms with E-state index in [1.54, 1.807) is 0 Å². The average Bonchev–Trinajstić information content (AvgIpc) is 3.35. The van der Waals surface area contributed by atoms with Gasteiger partial charge in [0.1, 0.15) is 6.10 Å². The second-order valence-corrected chi connectivity index (χ2v) is 6.55. The van der Waals surface area contributed by atoms with E-state index in [1.165, 1.54) is 5.56 Å². The van der Waals surface area contributed by atoms with Crippen LogP contribution in [0.3, 0.4) is 0 Å². The predicted molar refractivity (Wildman–Crippen MR) is 86.5 cm³/mol. The maximum absolute atomic E-state index is 12.7. The first-order valence-corrected chi connectivity index (χ1v) is 8.48. The first kappa shape index (κ1) is 15.3. The van der Waals surface area contributed by atoms with Crippen LogP contribution in [0.1, 0.15) is 42.0 Å². The fraction of sp³-hybridized carbons (Fsp3) is 0.500. The SMILES string of the molecule is Cc1noc(C2CN(C(=O)C3CCCO3)CC2c2ccccc2)n1. The van der Waals surface area contributed by atoms with Crippen molar-refractivity contribution in [3.8, 4) is 0 Å². The molecule has 2 aromatic rings. The molecule has 1 aromatic carbocycles. The Morgan fingerprint density at radius 1 is 1.21 bits per heavy atom. The molecule has 1 aromatic heterocycles. The van der Waals surface area contributed by atoms with E-state index in [9.17, 15) is 4.79 Å². The molecule has 0 saturated carbocycles. The smallest absolute Gasteiger partial charge is 0.251 e. The lowest BCUT2D eigenvalue weighted by atomic mass is 9.89. The van der Waals surface area contributed by atoms with Crippen molar-refractivity contribution >= 4 is 5.91 Å². The molecular formula is C18H21N3O3. The molecule has 0 radical (unpaired) electrons. The van der Waals surface area contributed by atoms with Gasteiger partial charge in [-0.05, 0) is 25.3 Å². The number of hydrogen-bond acceptors (Lipinski definition) is 5. The summed E-state index contributed by atoms with van der Waals surface area (Å²) in [5, 5.41) is 3.92. The van der Waals surface area contributed by atoms with Gasteiger partial charge in [0, 0.05) is 25.6 Å². The molecule has 0 bridgehead atoms. The molecule has 2 saturated heterocycles. The highest BCUT2D eigenvalue weighted by atomic mass is 16.5. The zero-order valence-corrected chi connectivity index (χ0v) is 13.7. The zero-order valence-electron chi connectivity index (χ0n) is 13.7. The van der Waals surface area contributed by atoms with Gasteiger partial charge >= 0.3 is 0 Å². The van der Waals surface area contributed by atoms with E-state index in [1.807, 2.05) is 30.0 Å². The topological polar surface area (TPSA) is 68.5 Å². The molecule has 6 nitrogen and oxygen atoms in total. The fourth-order valence-electron chi connectivity index (χ4n) is 3.71. The molecule has 0 spiro atoms. The normalized spacial score (nSPS) is 26.9. The van der Waals surface area contributed by atoms with Gasteiger partial charge in [0.25, 0.3) is 5.91 Å². The molecule has 6 heteroatoms. The largest absolute Gasteiger partial charge is 0.368 e. The number of carbonyl (C=O) groups excluding carboxylic acids is 1. The first-order chi connectivity index (χ1) is 11.7. The van der Waals surface area contributed by atoms with Crippen LogP contribution in [0.2, 0.25) is 0 Å². The van der Waals surface area contributed by atoms with E-state index in [-0.39, 0.29) is 23.8 Å². The van der Waals surface area contributed by atoms with Gasteiger partial charge in [0.2, 0.25) is 5.89 Å². The molecule has 3 heterocycles. The summed E-state index contributed by atoms with van der Waals surface area (Å²) in [6.07, 6.45) is 1.48. The van der Waals surface area contributed by atoms with Gasteiger partial charge < -0.3 is 14.2 Å². The Bertz CT molecular complexity index is 709. The van der Waals surface area contributed by atoms with Crippen LogP contribution in [0, 0.1) is 6.92 Å². The van der Waals surface area contributed by atoms with E-state index in [0.29, 0.717) is 31.4 Å². The van der Waals surface area contributed by atoms with Gasteiger partial charge in [-0.2, -0.15) is 4.98 Å². The summed E-state index contributed by atoms with van der Waals surface area (Å²) >= 11 is 0. The molecule has 126 valence electrons. The Kier molecular flexibility index (Phi) is 4.06. The lowest BCUT2D eigenvalue weighted by molar-refractivity contribution is -0.139. The minimum atomic E-state index is -0.287. The van der Waals surface area contributed by atoms with Gasteiger partial charge in [0.15, 0.2) is 5.82 Å². The van der Waals surface area contributed by atoms with Crippen molar-refractivity contribution in [2.45, 2.75) is 37.7 Å². The van der Waals surface area contributed by atoms with Gasteiger partial charge in [-0.15, -0.1) is 0 Å². The third kappa shape index (κ3) is 2.82. The summed E-state index contributed by atoms with van der Waals surface area (Å²) in [6.45, 7) is 3.75. The standard InChI is InChI=1S/C18H21N3O3/c1-12-19-17(24-20-12)15-11-21(18(22)16-8-5-9-23-16)10-14(15)13-6-3-2-4-7-13/h2-4,6-7,14-16H,5,8-11H2,1H3. The molecule has 2 fully saturated rings. The number of aromatic nitrogens is 2. The summed E-state index contributed by atoms with van der Waals surface area (Å²) in [6, 6.07) is 10.2. The lowest BCUT2D eigenvalue weighted by Gasteiger charge is -2.20. The van der Waals surface area contributed by atoms with Crippen LogP contribution in [0.5, 0.6) is 0 Å². The molecule has 4 rings (SSSR count). The van der Waals surface area contributed by atoms with Gasteiger partial charge in [-0.25, -0.2) is 0 Å². The first-order valence-electron chi connectivity index (χ1n) is 8.48. The highest BCUT2D eigenvalue weighted by molar-refractivity contribution is 5.81. The summed E-state index contributed by atoms with van der Waals surface area (Å²) in [7, 11) is 0. The van der Waals surface area contributed by atoms with Crippen LogP contribution >= 0.6 is 0 Å². The number of aryl methyl sites for hydroxylation is 1. The molecule has 0 N–H and O–H groups in total. The molecule has 2 aliphatic heterocycles. The molecule has 0 aliphatic carbocycles. The number of likely N-dealkylation sites (tertiary alicyclic amines) is 1. The van der Waals surface area contributed by atoms with E-state index >= 15 is 0 Å². The third-order valence-electron chi connectivity index (χ3n) is 4.92. The Balaban J connectivity index is 1.61. The van der Waals surface area contributed by atoms with E-state index in [2.05, 4.69) is 22.3 Å². The summed E-state index contributed by atoms with van der Waals surface area (Å²) < 4.78 is 11.0. The molecule has 2 aliphatic rings. The second-order valence-electron chi connectivity index (χ2n) is 6.55. The highest BCUT2D eigenvalue weighted by Gasteiger charge is 2.42. The maximum atomic E-state index is 12.7. The van der Waals surface area contributed by atoms with Crippen molar-refractivity contribution in [1.82, 2.24) is 15.0 Å². The molecule has 3 unspecified atom stereocenters. The van der Waals surface area contributed by atoms with E-state index in [4.69, 9.17) is 9.26 Å². The quantitative estimate of drug-likeness (QED) is 0.865. The monoisotopic (exact) mass is 327 g/mol. The van der Waals surface area contributed by atoms with Crippen LogP contribution < -0.4 is 0 Å². The third-order valence-corrected chi connectivity index (χ3v) is 4.92. The van der Waals surface area contributed by atoms with Crippen molar-refractivity contribution in [2.24, 2.45) is 0 Å². The Labute approximate surface area is 140 Å². The average molecular weight is 327 g/mol. The van der Waals surface area contributed by atoms with E-state index < -0.39 is 0 Å². The van der Waals surface area contributed by atoms with Crippen LogP contribution in [0.15, 0.2) is 34.9 Å². The van der Waals surface area contributed by atoms with E-state index in [0.717, 1.165) is 12.8 Å². The predicted octanol–water partition coefficient (Wildman–Crippen LogP) is 2.27. The number of benzene rings is 1. The number of hydrogen-bond donors (Lipinski definition) is 0. The minimum absolute atomic E-state index is 0.0268. The van der Waals surface area contributed by atoms with Crippen LogP contribution in [-0.2, 0) is 9.53 Å². The Hall–Kier alpha value is -2.21. The molecule has 24 heavy (non-hydrogen) atoms. The van der Waals surface area contributed by atoms with Crippen LogP contribution in [0.4, 0.5) is 0 Å². The van der Waals surface area contributed by atoms with Crippen molar-refractivity contribution < 1.29 is 14.1 Å². The minimum Gasteiger partial charge on any atom is -0.368 e. The van der Waals surface area contributed by atoms with Crippen LogP contribution in [-0.4, -0.2) is 46.7 Å². The number of carbonyl (C=O) groups is 1. The van der Waals surface area contributed by atoms with Gasteiger partial charge in [-0.1, -0.05) is 35.5 Å². The summed E-state index contributed by atoms with van der Waals surface area (Å²) in [4.78, 5) is 19.1. The number of amides is 1. The number of rotatable bonds is 3. The van der Waals surface area contributed by atoms with Crippen molar-refractivity contribution in [1.29, 1.82) is 0 Å². The lowest BCUT2D eigenvalue weighted by Crippen LogP contribution is -2.37. The van der Waals surface area contributed by atoms with Gasteiger partial charge in [0.05, 0.1) is 5.92 Å². The second kappa shape index (κ2) is 6.36. The maximum Gasteiger partial charge on any atom is 0.251 e. The number of nitrogens with zero attached hydrogens (tertiary/aromatic N) is 3. The summed E-state index contributed by atoms with van der Waals surface area (Å²) in [5.74, 6) is 1.52. The highest BCUT2D eigenvalue weighted by Crippen LogP contribution is 2.39.